The molecule has 0 N–H and O–H groups in total. The van der Waals surface area contributed by atoms with Crippen molar-refractivity contribution >= 4 is 5.97 Å². The van der Waals surface area contributed by atoms with E-state index in [-0.39, 0.29) is 5.97 Å². The summed E-state index contributed by atoms with van der Waals surface area (Å²) in [5, 5.41) is 0. The maximum atomic E-state index is 11.5. The number of esters is 1. The SMILES string of the molecule is CCOC(=O)c1ccc(OCCC[n+]2ccccc2)cc1. The number of nitrogens with zero attached hydrogens (tertiary/aromatic N) is 1. The van der Waals surface area contributed by atoms with E-state index in [4.69, 9.17) is 9.47 Å². The minimum Gasteiger partial charge on any atom is -0.493 e. The van der Waals surface area contributed by atoms with Gasteiger partial charge in [0.05, 0.1) is 18.8 Å². The van der Waals surface area contributed by atoms with Gasteiger partial charge in [0.2, 0.25) is 0 Å². The van der Waals surface area contributed by atoms with Crippen molar-refractivity contribution in [3.8, 4) is 5.75 Å². The first-order valence-corrected chi connectivity index (χ1v) is 7.13. The molecule has 0 bridgehead atoms. The van der Waals surface area contributed by atoms with Crippen molar-refractivity contribution in [1.29, 1.82) is 0 Å². The lowest BCUT2D eigenvalue weighted by atomic mass is 10.2. The molecule has 110 valence electrons. The summed E-state index contributed by atoms with van der Waals surface area (Å²) < 4.78 is 12.7. The number of carbonyl (C=O) groups excluding carboxylic acids is 1. The van der Waals surface area contributed by atoms with Gasteiger partial charge in [0.15, 0.2) is 18.9 Å². The summed E-state index contributed by atoms with van der Waals surface area (Å²) in [6, 6.07) is 13.0. The van der Waals surface area contributed by atoms with Crippen LogP contribution in [-0.2, 0) is 11.3 Å². The smallest absolute Gasteiger partial charge is 0.338 e. The van der Waals surface area contributed by atoms with Crippen LogP contribution in [0.2, 0.25) is 0 Å². The zero-order chi connectivity index (χ0) is 14.9. The molecule has 0 saturated carbocycles. The highest BCUT2D eigenvalue weighted by Crippen LogP contribution is 2.13. The highest BCUT2D eigenvalue weighted by molar-refractivity contribution is 5.89. The Morgan fingerprint density at radius 2 is 1.81 bits per heavy atom. The maximum Gasteiger partial charge on any atom is 0.338 e. The van der Waals surface area contributed by atoms with Gasteiger partial charge in [-0.25, -0.2) is 9.36 Å². The molecular weight excluding hydrogens is 266 g/mol. The molecule has 0 atom stereocenters. The number of pyridine rings is 1. The zero-order valence-electron chi connectivity index (χ0n) is 12.2. The Labute approximate surface area is 124 Å². The number of aromatic nitrogens is 1. The second kappa shape index (κ2) is 8.04. The van der Waals surface area contributed by atoms with Gasteiger partial charge in [-0.15, -0.1) is 0 Å². The number of hydrogen-bond donors (Lipinski definition) is 0. The van der Waals surface area contributed by atoms with E-state index in [0.717, 1.165) is 18.7 Å². The summed E-state index contributed by atoms with van der Waals surface area (Å²) in [5.74, 6) is 0.464. The average Bonchev–Trinajstić information content (AvgIpc) is 2.53. The predicted octanol–water partition coefficient (Wildman–Crippen LogP) is 2.62. The van der Waals surface area contributed by atoms with E-state index in [9.17, 15) is 4.79 Å². The summed E-state index contributed by atoms with van der Waals surface area (Å²) >= 11 is 0. The Bertz CT molecular complexity index is 552. The van der Waals surface area contributed by atoms with Gasteiger partial charge in [-0.2, -0.15) is 0 Å². The topological polar surface area (TPSA) is 39.4 Å². The van der Waals surface area contributed by atoms with Crippen LogP contribution in [0.25, 0.3) is 0 Å². The number of carbonyl (C=O) groups is 1. The van der Waals surface area contributed by atoms with Crippen molar-refractivity contribution in [3.63, 3.8) is 0 Å². The van der Waals surface area contributed by atoms with Crippen LogP contribution in [0.5, 0.6) is 5.75 Å². The first kappa shape index (κ1) is 15.0. The molecule has 4 nitrogen and oxygen atoms in total. The lowest BCUT2D eigenvalue weighted by Crippen LogP contribution is -2.33. The van der Waals surface area contributed by atoms with Gasteiger partial charge >= 0.3 is 5.97 Å². The van der Waals surface area contributed by atoms with E-state index in [0.29, 0.717) is 18.8 Å². The normalized spacial score (nSPS) is 10.1. The Hall–Kier alpha value is -2.36. The van der Waals surface area contributed by atoms with Crippen molar-refractivity contribution in [2.45, 2.75) is 19.9 Å². The standard InChI is InChI=1S/C17H20NO3/c1-2-20-17(19)15-7-9-16(10-8-15)21-14-6-13-18-11-4-3-5-12-18/h3-5,7-12H,2,6,13-14H2,1H3/q+1. The monoisotopic (exact) mass is 286 g/mol. The van der Waals surface area contributed by atoms with Crippen molar-refractivity contribution in [2.24, 2.45) is 0 Å². The van der Waals surface area contributed by atoms with Gasteiger partial charge in [-0.1, -0.05) is 6.07 Å². The van der Waals surface area contributed by atoms with Gasteiger partial charge in [-0.3, -0.25) is 0 Å². The van der Waals surface area contributed by atoms with Crippen LogP contribution in [0.3, 0.4) is 0 Å². The first-order valence-electron chi connectivity index (χ1n) is 7.13. The van der Waals surface area contributed by atoms with E-state index >= 15 is 0 Å². The van der Waals surface area contributed by atoms with E-state index < -0.39 is 0 Å². The third-order valence-corrected chi connectivity index (χ3v) is 2.97. The lowest BCUT2D eigenvalue weighted by molar-refractivity contribution is -0.697. The summed E-state index contributed by atoms with van der Waals surface area (Å²) in [7, 11) is 0. The molecule has 0 fully saturated rings. The number of benzene rings is 1. The first-order chi connectivity index (χ1) is 10.3. The molecule has 0 saturated heterocycles. The Kier molecular flexibility index (Phi) is 5.76. The van der Waals surface area contributed by atoms with Crippen LogP contribution in [0.1, 0.15) is 23.7 Å². The molecule has 1 aromatic heterocycles. The second-order valence-corrected chi connectivity index (χ2v) is 4.56. The molecule has 4 heteroatoms. The third-order valence-electron chi connectivity index (χ3n) is 2.97. The van der Waals surface area contributed by atoms with E-state index in [2.05, 4.69) is 4.57 Å². The summed E-state index contributed by atoms with van der Waals surface area (Å²) in [6.07, 6.45) is 5.00. The van der Waals surface area contributed by atoms with Crippen LogP contribution in [0, 0.1) is 0 Å². The largest absolute Gasteiger partial charge is 0.493 e. The molecule has 0 spiro atoms. The second-order valence-electron chi connectivity index (χ2n) is 4.56. The molecule has 1 aromatic carbocycles. The van der Waals surface area contributed by atoms with Gasteiger partial charge in [0, 0.05) is 18.6 Å². The average molecular weight is 286 g/mol. The highest BCUT2D eigenvalue weighted by Gasteiger charge is 2.06. The lowest BCUT2D eigenvalue weighted by Gasteiger charge is -2.06. The molecule has 1 heterocycles. The minimum atomic E-state index is -0.301. The Balaban J connectivity index is 1.75. The Morgan fingerprint density at radius 1 is 1.10 bits per heavy atom. The fourth-order valence-corrected chi connectivity index (χ4v) is 1.92. The van der Waals surface area contributed by atoms with Crippen molar-refractivity contribution in [1.82, 2.24) is 0 Å². The van der Waals surface area contributed by atoms with Crippen LogP contribution in [0.4, 0.5) is 0 Å². The summed E-state index contributed by atoms with van der Waals surface area (Å²) in [5.41, 5.74) is 0.545. The maximum absolute atomic E-state index is 11.5. The van der Waals surface area contributed by atoms with Crippen molar-refractivity contribution in [3.05, 3.63) is 60.4 Å². The van der Waals surface area contributed by atoms with Crippen LogP contribution in [-0.4, -0.2) is 19.2 Å². The van der Waals surface area contributed by atoms with Crippen molar-refractivity contribution < 1.29 is 18.8 Å². The van der Waals surface area contributed by atoms with Crippen molar-refractivity contribution in [2.75, 3.05) is 13.2 Å². The minimum absolute atomic E-state index is 0.301. The third kappa shape index (κ3) is 4.91. The fraction of sp³-hybridized carbons (Fsp3) is 0.294. The number of ether oxygens (including phenoxy) is 2. The summed E-state index contributed by atoms with van der Waals surface area (Å²) in [4.78, 5) is 11.5. The van der Waals surface area contributed by atoms with Gasteiger partial charge in [-0.05, 0) is 31.2 Å². The highest BCUT2D eigenvalue weighted by atomic mass is 16.5. The van der Waals surface area contributed by atoms with E-state index in [1.165, 1.54) is 0 Å². The molecule has 0 aliphatic heterocycles. The summed E-state index contributed by atoms with van der Waals surface area (Å²) in [6.45, 7) is 3.73. The molecule has 0 radical (unpaired) electrons. The molecule has 21 heavy (non-hydrogen) atoms. The van der Waals surface area contributed by atoms with E-state index in [1.807, 2.05) is 30.6 Å². The predicted molar refractivity (Wildman–Crippen MR) is 79.1 cm³/mol. The number of aryl methyl sites for hydroxylation is 1. The zero-order valence-corrected chi connectivity index (χ0v) is 12.2. The molecule has 0 aliphatic rings. The molecule has 2 rings (SSSR count). The fourth-order valence-electron chi connectivity index (χ4n) is 1.92. The molecule has 2 aromatic rings. The molecule has 0 amide bonds. The molecular formula is C17H20NO3+. The molecule has 0 aliphatic carbocycles. The van der Waals surface area contributed by atoms with Crippen LogP contribution in [0.15, 0.2) is 54.9 Å². The molecule has 0 unspecified atom stereocenters. The van der Waals surface area contributed by atoms with Crippen LogP contribution >= 0.6 is 0 Å². The van der Waals surface area contributed by atoms with Gasteiger partial charge in [0.1, 0.15) is 5.75 Å². The van der Waals surface area contributed by atoms with Crippen LogP contribution < -0.4 is 9.30 Å². The van der Waals surface area contributed by atoms with Gasteiger partial charge < -0.3 is 9.47 Å². The Morgan fingerprint density at radius 3 is 2.48 bits per heavy atom. The van der Waals surface area contributed by atoms with E-state index in [1.54, 1.807) is 31.2 Å². The van der Waals surface area contributed by atoms with Gasteiger partial charge in [0.25, 0.3) is 0 Å². The quantitative estimate of drug-likeness (QED) is 0.446. The number of rotatable bonds is 7. The number of hydrogen-bond acceptors (Lipinski definition) is 3.